The number of nitrogens with zero attached hydrogens (tertiary/aromatic N) is 1. The smallest absolute Gasteiger partial charge is 0.266 e. The zero-order chi connectivity index (χ0) is 7.56. The van der Waals surface area contributed by atoms with Crippen LogP contribution in [0.1, 0.15) is 5.69 Å². The Labute approximate surface area is 62.3 Å². The molecule has 0 saturated carbocycles. The summed E-state index contributed by atoms with van der Waals surface area (Å²) < 4.78 is 0. The van der Waals surface area contributed by atoms with Gasteiger partial charge >= 0.3 is 0 Å². The maximum absolute atomic E-state index is 10.6. The van der Waals surface area contributed by atoms with Gasteiger partial charge in [-0.25, -0.2) is 5.10 Å². The van der Waals surface area contributed by atoms with Crippen molar-refractivity contribution in [3.63, 3.8) is 0 Å². The molecule has 0 bridgehead atoms. The number of aromatic amines is 1. The Bertz CT molecular complexity index is 305. The molecule has 0 spiro atoms. The number of nitrogens with one attached hydrogen (secondary N) is 1. The lowest BCUT2D eigenvalue weighted by Gasteiger charge is -1.89. The van der Waals surface area contributed by atoms with Crippen LogP contribution in [0.15, 0.2) is 17.4 Å². The van der Waals surface area contributed by atoms with Gasteiger partial charge in [-0.05, 0) is 12.1 Å². The first kappa shape index (κ1) is 7.02. The minimum atomic E-state index is -0.382. The molecular weight excluding hydrogens is 152 g/mol. The molecule has 1 heterocycles. The largest absolute Gasteiger partial charge is 0.282 e. The third kappa shape index (κ3) is 1.25. The molecule has 0 aliphatic carbocycles. The maximum atomic E-state index is 10.6. The molecule has 0 aliphatic heterocycles. The van der Waals surface area contributed by atoms with Gasteiger partial charge in [0.2, 0.25) is 0 Å². The summed E-state index contributed by atoms with van der Waals surface area (Å²) in [5.74, 6) is 0. The van der Waals surface area contributed by atoms with Crippen LogP contribution in [0.3, 0.4) is 0 Å². The first-order valence-corrected chi connectivity index (χ1v) is 2.99. The molecule has 0 fully saturated rings. The number of rotatable bonds is 1. The van der Waals surface area contributed by atoms with Crippen molar-refractivity contribution in [2.45, 2.75) is 0 Å². The van der Waals surface area contributed by atoms with E-state index < -0.39 is 0 Å². The van der Waals surface area contributed by atoms with Crippen LogP contribution < -0.4 is 5.56 Å². The predicted octanol–water partition coefficient (Wildman–Crippen LogP) is 1.07. The average Bonchev–Trinajstić information content (AvgIpc) is 1.95. The molecule has 1 N–H and O–H groups in total. The minimum absolute atomic E-state index is 0.130. The van der Waals surface area contributed by atoms with Gasteiger partial charge in [0.1, 0.15) is 5.02 Å². The van der Waals surface area contributed by atoms with Gasteiger partial charge in [0.25, 0.3) is 5.56 Å². The fourth-order valence-electron chi connectivity index (χ4n) is 0.501. The molecule has 0 saturated heterocycles. The summed E-state index contributed by atoms with van der Waals surface area (Å²) in [5.41, 5.74) is 0.178. The number of H-pyrrole nitrogens is 1. The van der Waals surface area contributed by atoms with Crippen molar-refractivity contribution >= 4 is 17.7 Å². The van der Waals surface area contributed by atoms with E-state index in [0.717, 1.165) is 0 Å². The topological polar surface area (TPSA) is 45.8 Å². The molecular formula is C6H5ClN2O. The molecule has 3 nitrogen and oxygen atoms in total. The zero-order valence-corrected chi connectivity index (χ0v) is 5.85. The van der Waals surface area contributed by atoms with Crippen molar-refractivity contribution in [3.8, 4) is 0 Å². The van der Waals surface area contributed by atoms with Gasteiger partial charge in [0.15, 0.2) is 0 Å². The van der Waals surface area contributed by atoms with Crippen LogP contribution in [0.2, 0.25) is 5.02 Å². The van der Waals surface area contributed by atoms with E-state index >= 15 is 0 Å². The SMILES string of the molecule is C=Cc1cc(Cl)c(=O)[nH]n1. The molecule has 10 heavy (non-hydrogen) atoms. The van der Waals surface area contributed by atoms with Crippen molar-refractivity contribution in [2.24, 2.45) is 0 Å². The van der Waals surface area contributed by atoms with Gasteiger partial charge in [-0.1, -0.05) is 18.2 Å². The van der Waals surface area contributed by atoms with E-state index in [-0.39, 0.29) is 10.6 Å². The Morgan fingerprint density at radius 2 is 2.50 bits per heavy atom. The van der Waals surface area contributed by atoms with Crippen molar-refractivity contribution < 1.29 is 0 Å². The van der Waals surface area contributed by atoms with E-state index in [2.05, 4.69) is 16.8 Å². The van der Waals surface area contributed by atoms with E-state index in [9.17, 15) is 4.79 Å². The Morgan fingerprint density at radius 1 is 1.80 bits per heavy atom. The molecule has 1 aromatic heterocycles. The second-order valence-corrected chi connectivity index (χ2v) is 2.08. The van der Waals surface area contributed by atoms with Crippen molar-refractivity contribution in [3.05, 3.63) is 33.7 Å². The molecule has 1 aromatic rings. The summed E-state index contributed by atoms with van der Waals surface area (Å²) in [4.78, 5) is 10.6. The lowest BCUT2D eigenvalue weighted by molar-refractivity contribution is 0.977. The lowest BCUT2D eigenvalue weighted by atomic mass is 10.4. The summed E-state index contributed by atoms with van der Waals surface area (Å²) in [6, 6.07) is 1.45. The Hall–Kier alpha value is -1.09. The average molecular weight is 157 g/mol. The van der Waals surface area contributed by atoms with E-state index in [4.69, 9.17) is 11.6 Å². The van der Waals surface area contributed by atoms with Crippen molar-refractivity contribution in [1.82, 2.24) is 10.2 Å². The number of hydrogen-bond acceptors (Lipinski definition) is 2. The fourth-order valence-corrected chi connectivity index (χ4v) is 0.655. The molecule has 0 unspecified atom stereocenters. The molecule has 0 aliphatic rings. The van der Waals surface area contributed by atoms with Gasteiger partial charge in [0.05, 0.1) is 5.69 Å². The third-order valence-electron chi connectivity index (χ3n) is 0.987. The lowest BCUT2D eigenvalue weighted by Crippen LogP contribution is -2.08. The normalized spacial score (nSPS) is 9.30. The van der Waals surface area contributed by atoms with Crippen LogP contribution in [0, 0.1) is 0 Å². The molecule has 4 heteroatoms. The van der Waals surface area contributed by atoms with Crippen molar-refractivity contribution in [1.29, 1.82) is 0 Å². The van der Waals surface area contributed by atoms with Crippen LogP contribution in [0.4, 0.5) is 0 Å². The highest BCUT2D eigenvalue weighted by atomic mass is 35.5. The second kappa shape index (κ2) is 2.66. The minimum Gasteiger partial charge on any atom is -0.266 e. The molecule has 52 valence electrons. The molecule has 0 radical (unpaired) electrons. The van der Waals surface area contributed by atoms with Gasteiger partial charge in [-0.2, -0.15) is 5.10 Å². The van der Waals surface area contributed by atoms with Gasteiger partial charge in [0, 0.05) is 0 Å². The van der Waals surface area contributed by atoms with Crippen LogP contribution in [0.25, 0.3) is 6.08 Å². The second-order valence-electron chi connectivity index (χ2n) is 1.67. The highest BCUT2D eigenvalue weighted by molar-refractivity contribution is 6.30. The number of hydrogen-bond donors (Lipinski definition) is 1. The van der Waals surface area contributed by atoms with Crippen LogP contribution in [-0.2, 0) is 0 Å². The summed E-state index contributed by atoms with van der Waals surface area (Å²) in [6.07, 6.45) is 1.50. The van der Waals surface area contributed by atoms with Crippen molar-refractivity contribution in [2.75, 3.05) is 0 Å². The van der Waals surface area contributed by atoms with Gasteiger partial charge in [-0.3, -0.25) is 4.79 Å². The predicted molar refractivity (Wildman–Crippen MR) is 40.0 cm³/mol. The van der Waals surface area contributed by atoms with E-state index in [0.29, 0.717) is 5.69 Å². The maximum Gasteiger partial charge on any atom is 0.282 e. The highest BCUT2D eigenvalue weighted by Crippen LogP contribution is 2.01. The first-order valence-electron chi connectivity index (χ1n) is 2.61. The zero-order valence-electron chi connectivity index (χ0n) is 5.10. The fraction of sp³-hybridized carbons (Fsp3) is 0. The standard InChI is InChI=1S/C6H5ClN2O/c1-2-4-3-5(7)6(10)9-8-4/h2-3H,1H2,(H,9,10). The Morgan fingerprint density at radius 3 is 3.00 bits per heavy atom. The van der Waals surface area contributed by atoms with Crippen LogP contribution in [0.5, 0.6) is 0 Å². The number of halogens is 1. The van der Waals surface area contributed by atoms with Gasteiger partial charge in [-0.15, -0.1) is 0 Å². The molecule has 0 aromatic carbocycles. The summed E-state index contributed by atoms with van der Waals surface area (Å²) >= 11 is 5.46. The molecule has 1 rings (SSSR count). The van der Waals surface area contributed by atoms with Crippen LogP contribution in [-0.4, -0.2) is 10.2 Å². The third-order valence-corrected chi connectivity index (χ3v) is 1.27. The highest BCUT2D eigenvalue weighted by Gasteiger charge is 1.94. The molecule has 0 amide bonds. The van der Waals surface area contributed by atoms with Crippen LogP contribution >= 0.6 is 11.6 Å². The number of aromatic nitrogens is 2. The summed E-state index contributed by atoms with van der Waals surface area (Å²) in [7, 11) is 0. The quantitative estimate of drug-likeness (QED) is 0.661. The van der Waals surface area contributed by atoms with E-state index in [1.165, 1.54) is 12.1 Å². The van der Waals surface area contributed by atoms with E-state index in [1.807, 2.05) is 0 Å². The van der Waals surface area contributed by atoms with E-state index in [1.54, 1.807) is 0 Å². The van der Waals surface area contributed by atoms with Gasteiger partial charge < -0.3 is 0 Å². The summed E-state index contributed by atoms with van der Waals surface area (Å²) in [6.45, 7) is 3.46. The molecule has 0 atom stereocenters. The first-order chi connectivity index (χ1) is 4.74. The summed E-state index contributed by atoms with van der Waals surface area (Å²) in [5, 5.41) is 5.96. The Balaban J connectivity index is 3.29. The monoisotopic (exact) mass is 156 g/mol. The Kier molecular flexibility index (Phi) is 1.87.